The van der Waals surface area contributed by atoms with Crippen LogP contribution < -0.4 is 5.32 Å². The van der Waals surface area contributed by atoms with Gasteiger partial charge in [-0.15, -0.1) is 0 Å². The van der Waals surface area contributed by atoms with Crippen LogP contribution in [0.2, 0.25) is 0 Å². The van der Waals surface area contributed by atoms with E-state index < -0.39 is 0 Å². The molecule has 1 heterocycles. The molecular formula is C12H20BrN3. The highest BCUT2D eigenvalue weighted by Crippen LogP contribution is 2.27. The lowest BCUT2D eigenvalue weighted by molar-refractivity contribution is 0.441. The molecule has 90 valence electrons. The lowest BCUT2D eigenvalue weighted by atomic mass is 9.94. The van der Waals surface area contributed by atoms with Crippen LogP contribution >= 0.6 is 15.9 Å². The normalized spacial score (nSPS) is 14.8. The van der Waals surface area contributed by atoms with Crippen molar-refractivity contribution in [1.82, 2.24) is 15.3 Å². The van der Waals surface area contributed by atoms with Gasteiger partial charge in [0, 0.05) is 18.2 Å². The van der Waals surface area contributed by atoms with E-state index >= 15 is 0 Å². The average molecular weight is 286 g/mol. The molecule has 0 saturated carbocycles. The van der Waals surface area contributed by atoms with Crippen LogP contribution in [0, 0.1) is 0 Å². The van der Waals surface area contributed by atoms with Crippen molar-refractivity contribution in [3.8, 4) is 0 Å². The molecule has 0 fully saturated rings. The Bertz CT molecular complexity index is 317. The van der Waals surface area contributed by atoms with Crippen LogP contribution in [0.4, 0.5) is 0 Å². The molecule has 0 aliphatic carbocycles. The number of aromatic nitrogens is 2. The van der Waals surface area contributed by atoms with Crippen LogP contribution in [0.1, 0.15) is 45.2 Å². The van der Waals surface area contributed by atoms with Crippen LogP contribution in [0.25, 0.3) is 0 Å². The number of hydrogen-bond acceptors (Lipinski definition) is 3. The SMILES string of the molecule is CCCNC(C)C(CC)c1ncncc1Br. The minimum absolute atomic E-state index is 0.434. The molecule has 0 aliphatic heterocycles. The van der Waals surface area contributed by atoms with E-state index in [1.165, 1.54) is 0 Å². The van der Waals surface area contributed by atoms with Crippen molar-refractivity contribution in [3.05, 3.63) is 22.7 Å². The van der Waals surface area contributed by atoms with E-state index in [0.29, 0.717) is 12.0 Å². The van der Waals surface area contributed by atoms with Crippen LogP contribution in [0.5, 0.6) is 0 Å². The molecular weight excluding hydrogens is 266 g/mol. The fraction of sp³-hybridized carbons (Fsp3) is 0.667. The van der Waals surface area contributed by atoms with E-state index in [9.17, 15) is 0 Å². The number of hydrogen-bond donors (Lipinski definition) is 1. The van der Waals surface area contributed by atoms with E-state index in [4.69, 9.17) is 0 Å². The van der Waals surface area contributed by atoms with Crippen molar-refractivity contribution in [2.75, 3.05) is 6.54 Å². The molecule has 0 aromatic carbocycles. The Morgan fingerprint density at radius 3 is 2.75 bits per heavy atom. The maximum Gasteiger partial charge on any atom is 0.115 e. The Morgan fingerprint density at radius 2 is 2.19 bits per heavy atom. The Labute approximate surface area is 106 Å². The molecule has 1 aromatic heterocycles. The Kier molecular flexibility index (Phi) is 5.91. The predicted octanol–water partition coefficient (Wildman–Crippen LogP) is 3.12. The van der Waals surface area contributed by atoms with Crippen molar-refractivity contribution < 1.29 is 0 Å². The highest BCUT2D eigenvalue weighted by molar-refractivity contribution is 9.10. The van der Waals surface area contributed by atoms with Crippen LogP contribution in [0.15, 0.2) is 17.0 Å². The van der Waals surface area contributed by atoms with E-state index in [2.05, 4.69) is 52.0 Å². The Morgan fingerprint density at radius 1 is 1.44 bits per heavy atom. The van der Waals surface area contributed by atoms with Crippen LogP contribution in [0.3, 0.4) is 0 Å². The molecule has 2 unspecified atom stereocenters. The second-order valence-electron chi connectivity index (χ2n) is 4.01. The van der Waals surface area contributed by atoms with Gasteiger partial charge in [-0.3, -0.25) is 0 Å². The summed E-state index contributed by atoms with van der Waals surface area (Å²) < 4.78 is 1.01. The van der Waals surface area contributed by atoms with Gasteiger partial charge in [-0.05, 0) is 42.2 Å². The summed E-state index contributed by atoms with van der Waals surface area (Å²) in [5.74, 6) is 0.434. The fourth-order valence-corrected chi connectivity index (χ4v) is 2.41. The number of nitrogens with zero attached hydrogens (tertiary/aromatic N) is 2. The molecule has 0 saturated heterocycles. The van der Waals surface area contributed by atoms with Gasteiger partial charge in [-0.1, -0.05) is 13.8 Å². The topological polar surface area (TPSA) is 37.8 Å². The van der Waals surface area contributed by atoms with Gasteiger partial charge >= 0.3 is 0 Å². The number of nitrogens with one attached hydrogen (secondary N) is 1. The monoisotopic (exact) mass is 285 g/mol. The van der Waals surface area contributed by atoms with Gasteiger partial charge in [0.2, 0.25) is 0 Å². The summed E-state index contributed by atoms with van der Waals surface area (Å²) in [7, 11) is 0. The maximum atomic E-state index is 4.38. The van der Waals surface area contributed by atoms with Gasteiger partial charge in [0.25, 0.3) is 0 Å². The number of halogens is 1. The summed E-state index contributed by atoms with van der Waals surface area (Å²) in [6.45, 7) is 7.66. The largest absolute Gasteiger partial charge is 0.314 e. The molecule has 0 spiro atoms. The lowest BCUT2D eigenvalue weighted by Crippen LogP contribution is -2.33. The highest BCUT2D eigenvalue weighted by Gasteiger charge is 2.20. The van der Waals surface area contributed by atoms with Crippen LogP contribution in [-0.2, 0) is 0 Å². The van der Waals surface area contributed by atoms with Gasteiger partial charge < -0.3 is 5.32 Å². The molecule has 1 rings (SSSR count). The third kappa shape index (κ3) is 3.52. The maximum absolute atomic E-state index is 4.38. The molecule has 16 heavy (non-hydrogen) atoms. The van der Waals surface area contributed by atoms with E-state index in [-0.39, 0.29) is 0 Å². The summed E-state index contributed by atoms with van der Waals surface area (Å²) in [5.41, 5.74) is 1.11. The molecule has 4 heteroatoms. The van der Waals surface area contributed by atoms with E-state index in [0.717, 1.165) is 29.6 Å². The zero-order valence-corrected chi connectivity index (χ0v) is 11.8. The second kappa shape index (κ2) is 6.97. The van der Waals surface area contributed by atoms with Crippen molar-refractivity contribution >= 4 is 15.9 Å². The quantitative estimate of drug-likeness (QED) is 0.873. The first-order valence-electron chi connectivity index (χ1n) is 5.89. The molecule has 0 aliphatic rings. The Hall–Kier alpha value is -0.480. The van der Waals surface area contributed by atoms with Gasteiger partial charge in [0.1, 0.15) is 6.33 Å². The van der Waals surface area contributed by atoms with Gasteiger partial charge in [0.05, 0.1) is 10.2 Å². The molecule has 1 aromatic rings. The summed E-state index contributed by atoms with van der Waals surface area (Å²) in [5, 5.41) is 3.53. The zero-order chi connectivity index (χ0) is 12.0. The molecule has 1 N–H and O–H groups in total. The highest BCUT2D eigenvalue weighted by atomic mass is 79.9. The van der Waals surface area contributed by atoms with Crippen molar-refractivity contribution in [2.45, 2.75) is 45.6 Å². The number of rotatable bonds is 6. The molecule has 0 bridgehead atoms. The van der Waals surface area contributed by atoms with E-state index in [1.807, 2.05) is 6.20 Å². The molecule has 3 nitrogen and oxygen atoms in total. The van der Waals surface area contributed by atoms with Gasteiger partial charge in [-0.25, -0.2) is 9.97 Å². The average Bonchev–Trinajstić information content (AvgIpc) is 2.30. The minimum Gasteiger partial charge on any atom is -0.314 e. The summed E-state index contributed by atoms with van der Waals surface area (Å²) in [6.07, 6.45) is 5.67. The van der Waals surface area contributed by atoms with Crippen molar-refractivity contribution in [2.24, 2.45) is 0 Å². The van der Waals surface area contributed by atoms with Crippen molar-refractivity contribution in [3.63, 3.8) is 0 Å². The zero-order valence-electron chi connectivity index (χ0n) is 10.2. The van der Waals surface area contributed by atoms with Gasteiger partial charge in [-0.2, -0.15) is 0 Å². The van der Waals surface area contributed by atoms with E-state index in [1.54, 1.807) is 6.33 Å². The lowest BCUT2D eigenvalue weighted by Gasteiger charge is -2.23. The molecule has 0 radical (unpaired) electrons. The summed E-state index contributed by atoms with van der Waals surface area (Å²) in [4.78, 5) is 8.39. The third-order valence-electron chi connectivity index (χ3n) is 2.81. The fourth-order valence-electron chi connectivity index (χ4n) is 1.89. The molecule has 2 atom stereocenters. The molecule has 0 amide bonds. The predicted molar refractivity (Wildman–Crippen MR) is 70.5 cm³/mol. The van der Waals surface area contributed by atoms with Gasteiger partial charge in [0.15, 0.2) is 0 Å². The minimum atomic E-state index is 0.434. The standard InChI is InChI=1S/C12H20BrN3/c1-4-6-15-9(3)10(5-2)12-11(13)7-14-8-16-12/h7-10,15H,4-6H2,1-3H3. The third-order valence-corrected chi connectivity index (χ3v) is 3.42. The summed E-state index contributed by atoms with van der Waals surface area (Å²) in [6, 6.07) is 0.441. The first-order valence-corrected chi connectivity index (χ1v) is 6.68. The van der Waals surface area contributed by atoms with Crippen LogP contribution in [-0.4, -0.2) is 22.6 Å². The first kappa shape index (κ1) is 13.6. The Balaban J connectivity index is 2.77. The van der Waals surface area contributed by atoms with Crippen molar-refractivity contribution in [1.29, 1.82) is 0 Å². The summed E-state index contributed by atoms with van der Waals surface area (Å²) >= 11 is 3.52. The smallest absolute Gasteiger partial charge is 0.115 e. The first-order chi connectivity index (χ1) is 7.70. The second-order valence-corrected chi connectivity index (χ2v) is 4.87.